The number of nitrogens with zero attached hydrogens (tertiary/aromatic N) is 4. The zero-order valence-corrected chi connectivity index (χ0v) is 17.0. The molecule has 7 nitrogen and oxygen atoms in total. The van der Waals surface area contributed by atoms with E-state index in [1.165, 1.54) is 0 Å². The maximum atomic E-state index is 12.3. The summed E-state index contributed by atoms with van der Waals surface area (Å²) in [6.45, 7) is 0.602. The number of halogens is 3. The number of fused-ring (bicyclic) bond motifs is 1. The highest BCUT2D eigenvalue weighted by Gasteiger charge is 2.27. The third kappa shape index (κ3) is 4.89. The van der Waals surface area contributed by atoms with Crippen molar-refractivity contribution in [2.75, 3.05) is 11.3 Å². The largest absolute Gasteiger partial charge is 0.402 e. The molecule has 0 aliphatic carbocycles. The Kier molecular flexibility index (Phi) is 5.70. The molecule has 0 radical (unpaired) electrons. The van der Waals surface area contributed by atoms with Crippen LogP contribution in [-0.4, -0.2) is 36.5 Å². The monoisotopic (exact) mass is 446 g/mol. The lowest BCUT2D eigenvalue weighted by atomic mass is 10.1. The average Bonchev–Trinajstić information content (AvgIpc) is 3.16. The molecule has 4 rings (SSSR count). The van der Waals surface area contributed by atoms with Gasteiger partial charge in [-0.25, -0.2) is 13.9 Å². The Morgan fingerprint density at radius 2 is 1.97 bits per heavy atom. The number of nitrogens with one attached hydrogen (secondary N) is 2. The maximum Gasteiger partial charge on any atom is 0.402 e. The van der Waals surface area contributed by atoms with E-state index >= 15 is 0 Å². The molecule has 31 heavy (non-hydrogen) atoms. The van der Waals surface area contributed by atoms with Crippen molar-refractivity contribution in [1.82, 2.24) is 24.3 Å². The van der Waals surface area contributed by atoms with Gasteiger partial charge in [-0.2, -0.15) is 23.4 Å². The van der Waals surface area contributed by atoms with Crippen LogP contribution in [0, 0.1) is 6.92 Å². The van der Waals surface area contributed by atoms with Crippen LogP contribution in [0.2, 0.25) is 0 Å². The third-order valence-corrected chi connectivity index (χ3v) is 5.31. The highest BCUT2D eigenvalue weighted by molar-refractivity contribution is 7.84. The SMILES string of the molecule is Cc1ccnnc1-c1ccn2c(-c3cccc(NS(=O)NCC(F)(F)F)c3)cnc2c1. The van der Waals surface area contributed by atoms with Gasteiger partial charge in [0, 0.05) is 29.2 Å². The van der Waals surface area contributed by atoms with Crippen molar-refractivity contribution in [1.29, 1.82) is 0 Å². The van der Waals surface area contributed by atoms with Gasteiger partial charge in [0.1, 0.15) is 12.2 Å². The molecular weight excluding hydrogens is 429 g/mol. The van der Waals surface area contributed by atoms with Crippen LogP contribution in [0.5, 0.6) is 0 Å². The quantitative estimate of drug-likeness (QED) is 0.470. The number of alkyl halides is 3. The molecule has 2 N–H and O–H groups in total. The summed E-state index contributed by atoms with van der Waals surface area (Å²) in [4.78, 5) is 4.45. The smallest absolute Gasteiger partial charge is 0.300 e. The fourth-order valence-corrected chi connectivity index (χ4v) is 3.76. The van der Waals surface area contributed by atoms with Gasteiger partial charge >= 0.3 is 6.18 Å². The number of anilines is 1. The minimum atomic E-state index is -4.45. The lowest BCUT2D eigenvalue weighted by molar-refractivity contribution is -0.121. The Morgan fingerprint density at radius 1 is 1.13 bits per heavy atom. The fraction of sp³-hybridized carbons (Fsp3) is 0.150. The summed E-state index contributed by atoms with van der Waals surface area (Å²) in [5, 5.41) is 8.13. The predicted octanol–water partition coefficient (Wildman–Crippen LogP) is 3.91. The van der Waals surface area contributed by atoms with Gasteiger partial charge < -0.3 is 0 Å². The van der Waals surface area contributed by atoms with Crippen LogP contribution < -0.4 is 9.44 Å². The Bertz CT molecular complexity index is 1260. The first kappa shape index (κ1) is 20.9. The number of aromatic nitrogens is 4. The van der Waals surface area contributed by atoms with Crippen LogP contribution in [0.25, 0.3) is 28.2 Å². The van der Waals surface area contributed by atoms with Crippen molar-refractivity contribution < 1.29 is 17.4 Å². The van der Waals surface area contributed by atoms with Crippen LogP contribution in [0.1, 0.15) is 5.56 Å². The van der Waals surface area contributed by atoms with E-state index in [1.54, 1.807) is 30.6 Å². The highest BCUT2D eigenvalue weighted by atomic mass is 32.2. The summed E-state index contributed by atoms with van der Waals surface area (Å²) >= 11 is -2.08. The molecule has 0 bridgehead atoms. The zero-order valence-electron chi connectivity index (χ0n) is 16.2. The molecule has 1 aromatic carbocycles. The molecule has 0 aliphatic heterocycles. The molecule has 3 heterocycles. The van der Waals surface area contributed by atoms with E-state index in [4.69, 9.17) is 0 Å². The summed E-state index contributed by atoms with van der Waals surface area (Å²) in [7, 11) is 0. The first-order chi connectivity index (χ1) is 14.8. The van der Waals surface area contributed by atoms with Gasteiger partial charge in [-0.3, -0.25) is 9.12 Å². The minimum Gasteiger partial charge on any atom is -0.300 e. The molecule has 160 valence electrons. The molecular formula is C20H17F3N6OS. The van der Waals surface area contributed by atoms with Crippen LogP contribution in [-0.2, 0) is 11.2 Å². The predicted molar refractivity (Wildman–Crippen MR) is 112 cm³/mol. The number of aryl methyl sites for hydroxylation is 1. The van der Waals surface area contributed by atoms with E-state index in [1.807, 2.05) is 46.5 Å². The first-order valence-corrected chi connectivity index (χ1v) is 10.3. The molecule has 0 aliphatic rings. The van der Waals surface area contributed by atoms with Crippen molar-refractivity contribution in [2.24, 2.45) is 0 Å². The summed E-state index contributed by atoms with van der Waals surface area (Å²) in [6, 6.07) is 12.6. The Hall–Kier alpha value is -3.31. The molecule has 1 unspecified atom stereocenters. The Labute approximate surface area is 178 Å². The molecule has 4 aromatic rings. The van der Waals surface area contributed by atoms with Gasteiger partial charge in [0.2, 0.25) is 0 Å². The number of hydrogen-bond acceptors (Lipinski definition) is 4. The third-order valence-electron chi connectivity index (χ3n) is 4.48. The van der Waals surface area contributed by atoms with Crippen LogP contribution in [0.3, 0.4) is 0 Å². The molecule has 0 saturated carbocycles. The Morgan fingerprint density at radius 3 is 2.74 bits per heavy atom. The number of imidazole rings is 1. The van der Waals surface area contributed by atoms with Crippen molar-refractivity contribution in [3.05, 3.63) is 66.6 Å². The topological polar surface area (TPSA) is 84.2 Å². The second kappa shape index (κ2) is 8.44. The maximum absolute atomic E-state index is 12.3. The second-order valence-corrected chi connectivity index (χ2v) is 7.77. The first-order valence-electron chi connectivity index (χ1n) is 9.15. The number of benzene rings is 1. The van der Waals surface area contributed by atoms with Crippen molar-refractivity contribution >= 4 is 22.5 Å². The summed E-state index contributed by atoms with van der Waals surface area (Å²) < 4.78 is 54.9. The Balaban J connectivity index is 1.59. The van der Waals surface area contributed by atoms with E-state index in [-0.39, 0.29) is 0 Å². The van der Waals surface area contributed by atoms with Crippen molar-refractivity contribution in [3.8, 4) is 22.5 Å². The van der Waals surface area contributed by atoms with Gasteiger partial charge in [0.15, 0.2) is 11.2 Å². The van der Waals surface area contributed by atoms with Gasteiger partial charge in [0.25, 0.3) is 0 Å². The van der Waals surface area contributed by atoms with Gasteiger partial charge in [-0.05, 0) is 42.8 Å². The average molecular weight is 446 g/mol. The van der Waals surface area contributed by atoms with E-state index in [9.17, 15) is 17.4 Å². The molecule has 0 amide bonds. The number of rotatable bonds is 6. The van der Waals surface area contributed by atoms with Crippen LogP contribution in [0.4, 0.5) is 18.9 Å². The summed E-state index contributed by atoms with van der Waals surface area (Å²) in [6.07, 6.45) is 0.751. The van der Waals surface area contributed by atoms with Gasteiger partial charge in [-0.1, -0.05) is 12.1 Å². The van der Waals surface area contributed by atoms with Crippen molar-refractivity contribution in [3.63, 3.8) is 0 Å². The zero-order chi connectivity index (χ0) is 22.0. The van der Waals surface area contributed by atoms with Gasteiger partial charge in [-0.15, -0.1) is 0 Å². The molecule has 3 aromatic heterocycles. The number of hydrogen-bond donors (Lipinski definition) is 2. The lowest BCUT2D eigenvalue weighted by Gasteiger charge is -2.10. The summed E-state index contributed by atoms with van der Waals surface area (Å²) in [5.74, 6) is 0. The second-order valence-electron chi connectivity index (χ2n) is 6.74. The molecule has 0 fully saturated rings. The van der Waals surface area contributed by atoms with Crippen LogP contribution >= 0.6 is 0 Å². The van der Waals surface area contributed by atoms with Crippen molar-refractivity contribution in [2.45, 2.75) is 13.1 Å². The van der Waals surface area contributed by atoms with E-state index in [2.05, 4.69) is 19.9 Å². The standard InChI is InChI=1S/C20H17F3N6OS/c1-13-5-7-25-27-19(13)15-6-8-29-17(11-24-18(29)10-15)14-3-2-4-16(9-14)28-31(30)26-12-20(21,22)23/h2-11,26,28H,12H2,1H3. The van der Waals surface area contributed by atoms with Crippen LogP contribution in [0.15, 0.2) is 61.1 Å². The van der Waals surface area contributed by atoms with E-state index in [0.29, 0.717) is 11.3 Å². The van der Waals surface area contributed by atoms with E-state index < -0.39 is 23.9 Å². The minimum absolute atomic E-state index is 0.410. The molecule has 0 spiro atoms. The normalized spacial score (nSPS) is 12.8. The summed E-state index contributed by atoms with van der Waals surface area (Å²) in [5.41, 5.74) is 5.30. The van der Waals surface area contributed by atoms with Gasteiger partial charge in [0.05, 0.1) is 17.6 Å². The fourth-order valence-electron chi connectivity index (χ4n) is 3.05. The highest BCUT2D eigenvalue weighted by Crippen LogP contribution is 2.27. The van der Waals surface area contributed by atoms with E-state index in [0.717, 1.165) is 28.1 Å². The lowest BCUT2D eigenvalue weighted by Crippen LogP contribution is -2.33. The molecule has 1 atom stereocenters. The molecule has 0 saturated heterocycles. The number of pyridine rings is 1. The molecule has 11 heteroatoms.